The van der Waals surface area contributed by atoms with E-state index in [9.17, 15) is 0 Å². The van der Waals surface area contributed by atoms with Crippen molar-refractivity contribution in [3.8, 4) is 5.75 Å². The van der Waals surface area contributed by atoms with Crippen LogP contribution >= 0.6 is 0 Å². The summed E-state index contributed by atoms with van der Waals surface area (Å²) in [5, 5.41) is 7.63. The molecule has 1 atom stereocenters. The van der Waals surface area contributed by atoms with Crippen LogP contribution in [0.1, 0.15) is 17.3 Å². The van der Waals surface area contributed by atoms with E-state index in [1.165, 1.54) is 11.3 Å². The Kier molecular flexibility index (Phi) is 3.99. The lowest BCUT2D eigenvalue weighted by Gasteiger charge is -2.18. The van der Waals surface area contributed by atoms with Crippen molar-refractivity contribution in [3.63, 3.8) is 0 Å². The van der Waals surface area contributed by atoms with Gasteiger partial charge in [-0.05, 0) is 37.7 Å². The molecule has 0 spiro atoms. The van der Waals surface area contributed by atoms with Gasteiger partial charge in [-0.1, -0.05) is 12.1 Å². The van der Waals surface area contributed by atoms with Crippen molar-refractivity contribution < 1.29 is 4.74 Å². The summed E-state index contributed by atoms with van der Waals surface area (Å²) in [7, 11) is 3.64. The molecule has 2 aromatic rings. The fourth-order valence-corrected chi connectivity index (χ4v) is 1.96. The van der Waals surface area contributed by atoms with Gasteiger partial charge in [-0.3, -0.25) is 4.68 Å². The summed E-state index contributed by atoms with van der Waals surface area (Å²) in [6.45, 7) is 2.88. The zero-order valence-electron chi connectivity index (χ0n) is 11.1. The van der Waals surface area contributed by atoms with Crippen molar-refractivity contribution >= 4 is 0 Å². The lowest BCUT2D eigenvalue weighted by atomic mass is 10.1. The smallest absolute Gasteiger partial charge is 0.118 e. The second-order valence-corrected chi connectivity index (χ2v) is 4.27. The lowest BCUT2D eigenvalue weighted by molar-refractivity contribution is 0.413. The normalized spacial score (nSPS) is 12.4. The van der Waals surface area contributed by atoms with Crippen LogP contribution < -0.4 is 10.1 Å². The van der Waals surface area contributed by atoms with Crippen molar-refractivity contribution in [1.82, 2.24) is 15.1 Å². The van der Waals surface area contributed by atoms with Gasteiger partial charge in [0.25, 0.3) is 0 Å². The second-order valence-electron chi connectivity index (χ2n) is 4.27. The van der Waals surface area contributed by atoms with Crippen molar-refractivity contribution in [3.05, 3.63) is 47.8 Å². The summed E-state index contributed by atoms with van der Waals surface area (Å²) in [6, 6.07) is 10.4. The zero-order chi connectivity index (χ0) is 13.0. The first kappa shape index (κ1) is 12.6. The van der Waals surface area contributed by atoms with E-state index in [2.05, 4.69) is 29.5 Å². The number of aromatic nitrogens is 2. The van der Waals surface area contributed by atoms with Gasteiger partial charge in [-0.25, -0.2) is 0 Å². The lowest BCUT2D eigenvalue weighted by Crippen LogP contribution is -2.23. The molecule has 1 heterocycles. The largest absolute Gasteiger partial charge is 0.497 e. The molecule has 0 saturated carbocycles. The van der Waals surface area contributed by atoms with Gasteiger partial charge in [-0.2, -0.15) is 5.10 Å². The minimum Gasteiger partial charge on any atom is -0.497 e. The standard InChI is InChI=1S/C14H19N3O/c1-11-8-9-16-17(11)10-14(15-2)12-4-6-13(18-3)7-5-12/h4-9,14-15H,10H2,1-3H3. The molecule has 0 amide bonds. The van der Waals surface area contributed by atoms with E-state index in [-0.39, 0.29) is 6.04 Å². The highest BCUT2D eigenvalue weighted by Gasteiger charge is 2.11. The molecule has 1 aromatic heterocycles. The first-order chi connectivity index (χ1) is 8.74. The molecule has 4 heteroatoms. The van der Waals surface area contributed by atoms with E-state index in [1.54, 1.807) is 7.11 Å². The van der Waals surface area contributed by atoms with Crippen LogP contribution in [0.3, 0.4) is 0 Å². The summed E-state index contributed by atoms with van der Waals surface area (Å²) < 4.78 is 7.17. The molecule has 0 saturated heterocycles. The predicted octanol–water partition coefficient (Wildman–Crippen LogP) is 2.16. The van der Waals surface area contributed by atoms with E-state index in [1.807, 2.05) is 36.1 Å². The first-order valence-corrected chi connectivity index (χ1v) is 6.04. The molecule has 0 aliphatic rings. The number of ether oxygens (including phenoxy) is 1. The van der Waals surface area contributed by atoms with Gasteiger partial charge in [0.1, 0.15) is 5.75 Å². The van der Waals surface area contributed by atoms with E-state index in [4.69, 9.17) is 4.74 Å². The number of nitrogens with one attached hydrogen (secondary N) is 1. The first-order valence-electron chi connectivity index (χ1n) is 6.04. The van der Waals surface area contributed by atoms with Crippen molar-refractivity contribution in [2.24, 2.45) is 0 Å². The maximum absolute atomic E-state index is 5.17. The van der Waals surface area contributed by atoms with Gasteiger partial charge >= 0.3 is 0 Å². The Bertz CT molecular complexity index is 490. The van der Waals surface area contributed by atoms with Crippen LogP contribution in [0, 0.1) is 6.92 Å². The Morgan fingerprint density at radius 3 is 2.50 bits per heavy atom. The Morgan fingerprint density at radius 1 is 1.28 bits per heavy atom. The topological polar surface area (TPSA) is 39.1 Å². The molecule has 96 valence electrons. The number of hydrogen-bond donors (Lipinski definition) is 1. The minimum absolute atomic E-state index is 0.245. The molecule has 0 radical (unpaired) electrons. The number of aryl methyl sites for hydroxylation is 1. The number of nitrogens with zero attached hydrogens (tertiary/aromatic N) is 2. The molecule has 0 fully saturated rings. The summed E-state index contributed by atoms with van der Waals surface area (Å²) in [6.07, 6.45) is 1.83. The average Bonchev–Trinajstić information content (AvgIpc) is 2.81. The summed E-state index contributed by atoms with van der Waals surface area (Å²) in [5.74, 6) is 0.879. The highest BCUT2D eigenvalue weighted by Crippen LogP contribution is 2.19. The summed E-state index contributed by atoms with van der Waals surface area (Å²) >= 11 is 0. The fourth-order valence-electron chi connectivity index (χ4n) is 1.96. The molecule has 2 rings (SSSR count). The van der Waals surface area contributed by atoms with Crippen LogP contribution in [-0.2, 0) is 6.54 Å². The molecule has 1 N–H and O–H groups in total. The molecule has 1 aromatic carbocycles. The Hall–Kier alpha value is -1.81. The molecule has 4 nitrogen and oxygen atoms in total. The molecule has 0 aliphatic heterocycles. The Balaban J connectivity index is 2.15. The van der Waals surface area contributed by atoms with Crippen LogP contribution in [0.2, 0.25) is 0 Å². The van der Waals surface area contributed by atoms with E-state index in [0.29, 0.717) is 0 Å². The molecule has 18 heavy (non-hydrogen) atoms. The van der Waals surface area contributed by atoms with Gasteiger partial charge in [0.15, 0.2) is 0 Å². The van der Waals surface area contributed by atoms with Gasteiger partial charge in [-0.15, -0.1) is 0 Å². The molecular formula is C14H19N3O. The minimum atomic E-state index is 0.245. The van der Waals surface area contributed by atoms with Gasteiger partial charge in [0.05, 0.1) is 19.7 Å². The predicted molar refractivity (Wildman–Crippen MR) is 71.8 cm³/mol. The van der Waals surface area contributed by atoms with Crippen molar-refractivity contribution in [2.75, 3.05) is 14.2 Å². The maximum Gasteiger partial charge on any atom is 0.118 e. The highest BCUT2D eigenvalue weighted by atomic mass is 16.5. The third-order valence-electron chi connectivity index (χ3n) is 3.15. The number of rotatable bonds is 5. The SMILES string of the molecule is CNC(Cn1nccc1C)c1ccc(OC)cc1. The van der Waals surface area contributed by atoms with Crippen LogP contribution in [0.4, 0.5) is 0 Å². The maximum atomic E-state index is 5.17. The highest BCUT2D eigenvalue weighted by molar-refractivity contribution is 5.29. The third kappa shape index (κ3) is 2.71. The number of likely N-dealkylation sites (N-methyl/N-ethyl adjacent to an activating group) is 1. The molecular weight excluding hydrogens is 226 g/mol. The van der Waals surface area contributed by atoms with Crippen LogP contribution in [0.25, 0.3) is 0 Å². The summed E-state index contributed by atoms with van der Waals surface area (Å²) in [4.78, 5) is 0. The van der Waals surface area contributed by atoms with Crippen LogP contribution in [0.15, 0.2) is 36.5 Å². The van der Waals surface area contributed by atoms with Gasteiger partial charge < -0.3 is 10.1 Å². The van der Waals surface area contributed by atoms with E-state index >= 15 is 0 Å². The Morgan fingerprint density at radius 2 is 2.00 bits per heavy atom. The fraction of sp³-hybridized carbons (Fsp3) is 0.357. The molecule has 0 bridgehead atoms. The van der Waals surface area contributed by atoms with Gasteiger partial charge in [0.2, 0.25) is 0 Å². The molecule has 1 unspecified atom stereocenters. The van der Waals surface area contributed by atoms with E-state index in [0.717, 1.165) is 12.3 Å². The Labute approximate surface area is 108 Å². The third-order valence-corrected chi connectivity index (χ3v) is 3.15. The van der Waals surface area contributed by atoms with E-state index < -0.39 is 0 Å². The number of benzene rings is 1. The van der Waals surface area contributed by atoms with Crippen LogP contribution in [-0.4, -0.2) is 23.9 Å². The quantitative estimate of drug-likeness (QED) is 0.877. The van der Waals surface area contributed by atoms with Crippen molar-refractivity contribution in [1.29, 1.82) is 0 Å². The number of hydrogen-bond acceptors (Lipinski definition) is 3. The average molecular weight is 245 g/mol. The monoisotopic (exact) mass is 245 g/mol. The second kappa shape index (κ2) is 5.69. The van der Waals surface area contributed by atoms with Gasteiger partial charge in [0, 0.05) is 11.9 Å². The van der Waals surface area contributed by atoms with Crippen LogP contribution in [0.5, 0.6) is 5.75 Å². The van der Waals surface area contributed by atoms with Crippen molar-refractivity contribution in [2.45, 2.75) is 19.5 Å². The summed E-state index contributed by atoms with van der Waals surface area (Å²) in [5.41, 5.74) is 2.40. The zero-order valence-corrected chi connectivity index (χ0v) is 11.1. The number of methoxy groups -OCH3 is 1. The molecule has 0 aliphatic carbocycles.